The van der Waals surface area contributed by atoms with Gasteiger partial charge in [0, 0.05) is 26.7 Å². The van der Waals surface area contributed by atoms with Crippen molar-refractivity contribution in [3.8, 4) is 0 Å². The lowest BCUT2D eigenvalue weighted by atomic mass is 10.2. The predicted molar refractivity (Wildman–Crippen MR) is 114 cm³/mol. The van der Waals surface area contributed by atoms with Gasteiger partial charge in [-0.15, -0.1) is 0 Å². The van der Waals surface area contributed by atoms with Crippen LogP contribution < -0.4 is 5.32 Å². The number of amides is 2. The highest BCUT2D eigenvalue weighted by Gasteiger charge is 2.15. The van der Waals surface area contributed by atoms with Gasteiger partial charge in [0.25, 0.3) is 5.91 Å². The number of carbonyl (C=O) groups excluding carboxylic acids is 3. The molecular formula is C19H27Cl2N3O4. The van der Waals surface area contributed by atoms with E-state index in [4.69, 9.17) is 23.2 Å². The first-order chi connectivity index (χ1) is 13.3. The Bertz CT molecular complexity index is 664. The maximum absolute atomic E-state index is 12.1. The van der Waals surface area contributed by atoms with E-state index in [1.165, 1.54) is 13.2 Å². The zero-order valence-electron chi connectivity index (χ0n) is 17.0. The van der Waals surface area contributed by atoms with Crippen LogP contribution in [0.1, 0.15) is 37.6 Å². The number of nitrogens with one attached hydrogen (secondary N) is 1. The van der Waals surface area contributed by atoms with E-state index in [1.54, 1.807) is 50.3 Å². The van der Waals surface area contributed by atoms with Gasteiger partial charge in [0.05, 0.1) is 22.7 Å². The number of carbonyl (C=O) groups is 3. The van der Waals surface area contributed by atoms with E-state index in [0.717, 1.165) is 0 Å². The standard InChI is InChI=1S/C13H13Cl2N3O2.C4H8O2.C2H6/c1-18(2)7-6-11(16-8-19)17-13(20)12-9(14)4-3-5-10(12)15;1-3-4(5)6-2;1-2/h3-8H,1-2H3,(H,16,17,19,20);3H2,1-2H3;1-2H3/b7-6-;;. The third-order valence-corrected chi connectivity index (χ3v) is 3.30. The van der Waals surface area contributed by atoms with Crippen LogP contribution in [0.2, 0.25) is 10.0 Å². The van der Waals surface area contributed by atoms with E-state index in [9.17, 15) is 14.4 Å². The number of hydrogen-bond acceptors (Lipinski definition) is 5. The summed E-state index contributed by atoms with van der Waals surface area (Å²) in [5.41, 5.74) is 0.132. The molecule has 0 aromatic heterocycles. The minimum Gasteiger partial charge on any atom is -0.469 e. The zero-order valence-corrected chi connectivity index (χ0v) is 18.5. The number of hydrogen-bond donors (Lipinski definition) is 1. The molecule has 0 spiro atoms. The summed E-state index contributed by atoms with van der Waals surface area (Å²) in [5.74, 6) is -0.603. The summed E-state index contributed by atoms with van der Waals surface area (Å²) in [6, 6.07) is 4.73. The quantitative estimate of drug-likeness (QED) is 0.330. The van der Waals surface area contributed by atoms with Crippen LogP contribution in [0, 0.1) is 0 Å². The number of halogens is 2. The minimum absolute atomic E-state index is 0.0923. The molecule has 1 rings (SSSR count). The van der Waals surface area contributed by atoms with Crippen LogP contribution in [0.15, 0.2) is 35.5 Å². The molecule has 7 nitrogen and oxygen atoms in total. The largest absolute Gasteiger partial charge is 0.469 e. The smallest absolute Gasteiger partial charge is 0.305 e. The molecule has 9 heteroatoms. The zero-order chi connectivity index (χ0) is 22.1. The van der Waals surface area contributed by atoms with Gasteiger partial charge in [-0.25, -0.2) is 0 Å². The van der Waals surface area contributed by atoms with Gasteiger partial charge in [0.1, 0.15) is 5.84 Å². The second-order valence-electron chi connectivity index (χ2n) is 4.88. The first-order valence-corrected chi connectivity index (χ1v) is 9.20. The van der Waals surface area contributed by atoms with Crippen molar-refractivity contribution in [2.75, 3.05) is 21.2 Å². The van der Waals surface area contributed by atoms with Crippen molar-refractivity contribution in [3.63, 3.8) is 0 Å². The number of benzene rings is 1. The van der Waals surface area contributed by atoms with Crippen molar-refractivity contribution in [1.82, 2.24) is 10.2 Å². The van der Waals surface area contributed by atoms with Crippen LogP contribution in [0.4, 0.5) is 0 Å². The Morgan fingerprint density at radius 1 is 1.21 bits per heavy atom. The van der Waals surface area contributed by atoms with Gasteiger partial charge in [0.2, 0.25) is 6.41 Å². The highest BCUT2D eigenvalue weighted by atomic mass is 35.5. The van der Waals surface area contributed by atoms with Crippen LogP contribution in [0.3, 0.4) is 0 Å². The lowest BCUT2D eigenvalue weighted by molar-refractivity contribution is -0.140. The molecule has 0 unspecified atom stereocenters. The second kappa shape index (κ2) is 16.8. The van der Waals surface area contributed by atoms with Gasteiger partial charge in [-0.3, -0.25) is 14.4 Å². The summed E-state index contributed by atoms with van der Waals surface area (Å²) in [6.45, 7) is 5.76. The lowest BCUT2D eigenvalue weighted by Crippen LogP contribution is -2.30. The molecule has 2 amide bonds. The number of aliphatic imine (C=N–C) groups is 1. The fourth-order valence-corrected chi connectivity index (χ4v) is 2.00. The number of rotatable bonds is 5. The van der Waals surface area contributed by atoms with Gasteiger partial charge in [-0.1, -0.05) is 50.0 Å². The van der Waals surface area contributed by atoms with Gasteiger partial charge in [-0.2, -0.15) is 4.99 Å². The van der Waals surface area contributed by atoms with E-state index >= 15 is 0 Å². The van der Waals surface area contributed by atoms with Crippen LogP contribution in [-0.2, 0) is 14.3 Å². The molecule has 0 bridgehead atoms. The topological polar surface area (TPSA) is 88.1 Å². The van der Waals surface area contributed by atoms with Gasteiger partial charge < -0.3 is 15.0 Å². The highest BCUT2D eigenvalue weighted by Crippen LogP contribution is 2.23. The SMILES string of the molecule is CC.CCC(=O)OC.CN(C)/C=C\C(=NC=O)NC(=O)c1c(Cl)cccc1Cl. The summed E-state index contributed by atoms with van der Waals surface area (Å²) >= 11 is 11.9. The monoisotopic (exact) mass is 431 g/mol. The molecule has 28 heavy (non-hydrogen) atoms. The van der Waals surface area contributed by atoms with Crippen LogP contribution in [0.5, 0.6) is 0 Å². The molecule has 0 atom stereocenters. The van der Waals surface area contributed by atoms with E-state index in [-0.39, 0.29) is 27.4 Å². The summed E-state index contributed by atoms with van der Waals surface area (Å²) in [5, 5.41) is 2.91. The fourth-order valence-electron chi connectivity index (χ4n) is 1.43. The maximum atomic E-state index is 12.1. The fraction of sp³-hybridized carbons (Fsp3) is 0.368. The third-order valence-electron chi connectivity index (χ3n) is 2.67. The summed E-state index contributed by atoms with van der Waals surface area (Å²) in [4.78, 5) is 37.8. The van der Waals surface area contributed by atoms with Crippen molar-refractivity contribution in [2.24, 2.45) is 4.99 Å². The Kier molecular flexibility index (Phi) is 16.7. The van der Waals surface area contributed by atoms with Crippen LogP contribution in [-0.4, -0.2) is 50.2 Å². The normalized spacial score (nSPS) is 10.1. The van der Waals surface area contributed by atoms with Gasteiger partial charge in [0.15, 0.2) is 0 Å². The molecule has 0 radical (unpaired) electrons. The van der Waals surface area contributed by atoms with Gasteiger partial charge in [-0.05, 0) is 18.2 Å². The van der Waals surface area contributed by atoms with E-state index < -0.39 is 5.91 Å². The van der Waals surface area contributed by atoms with E-state index in [1.807, 2.05) is 13.8 Å². The number of methoxy groups -OCH3 is 1. The van der Waals surface area contributed by atoms with Crippen molar-refractivity contribution in [3.05, 3.63) is 46.1 Å². The molecule has 0 aliphatic heterocycles. The van der Waals surface area contributed by atoms with Crippen molar-refractivity contribution in [2.45, 2.75) is 27.2 Å². The summed E-state index contributed by atoms with van der Waals surface area (Å²) < 4.78 is 4.26. The molecular weight excluding hydrogens is 405 g/mol. The molecule has 1 aromatic carbocycles. The Hall–Kier alpha value is -2.38. The summed E-state index contributed by atoms with van der Waals surface area (Å²) in [6.07, 6.45) is 3.92. The molecule has 156 valence electrons. The third kappa shape index (κ3) is 12.1. The molecule has 0 saturated heterocycles. The summed E-state index contributed by atoms with van der Waals surface area (Å²) in [7, 11) is 4.97. The number of amidine groups is 1. The number of ether oxygens (including phenoxy) is 1. The number of nitrogens with zero attached hydrogens (tertiary/aromatic N) is 2. The van der Waals surface area contributed by atoms with Crippen molar-refractivity contribution < 1.29 is 19.1 Å². The van der Waals surface area contributed by atoms with Crippen molar-refractivity contribution >= 4 is 47.3 Å². The molecule has 0 fully saturated rings. The van der Waals surface area contributed by atoms with E-state index in [0.29, 0.717) is 12.8 Å². The van der Waals surface area contributed by atoms with Gasteiger partial charge >= 0.3 is 5.97 Å². The minimum atomic E-state index is -0.537. The first-order valence-electron chi connectivity index (χ1n) is 8.45. The average molecular weight is 432 g/mol. The molecule has 0 heterocycles. The Morgan fingerprint density at radius 2 is 1.75 bits per heavy atom. The molecule has 1 N–H and O–H groups in total. The maximum Gasteiger partial charge on any atom is 0.305 e. The molecule has 1 aromatic rings. The Balaban J connectivity index is 0. The second-order valence-corrected chi connectivity index (χ2v) is 5.69. The highest BCUT2D eigenvalue weighted by molar-refractivity contribution is 6.40. The Labute approximate surface area is 176 Å². The van der Waals surface area contributed by atoms with Crippen LogP contribution in [0.25, 0.3) is 0 Å². The van der Waals surface area contributed by atoms with Crippen LogP contribution >= 0.6 is 23.2 Å². The lowest BCUT2D eigenvalue weighted by Gasteiger charge is -2.09. The molecule has 0 aliphatic rings. The van der Waals surface area contributed by atoms with Crippen molar-refractivity contribution in [1.29, 1.82) is 0 Å². The number of esters is 1. The first kappa shape index (κ1) is 27.8. The molecule has 0 saturated carbocycles. The Morgan fingerprint density at radius 3 is 2.11 bits per heavy atom. The average Bonchev–Trinajstić information content (AvgIpc) is 2.67. The molecule has 0 aliphatic carbocycles. The van der Waals surface area contributed by atoms with E-state index in [2.05, 4.69) is 15.0 Å². The predicted octanol–water partition coefficient (Wildman–Crippen LogP) is 3.95.